The van der Waals surface area contributed by atoms with Crippen molar-refractivity contribution in [2.24, 2.45) is 5.73 Å². The SMILES string of the molecule is Cc1cccc(C)c1OCc1ccc(F)c(C(N)=S)c1. The second kappa shape index (κ2) is 6.01. The van der Waals surface area contributed by atoms with Gasteiger partial charge in [0.1, 0.15) is 23.2 Å². The Labute approximate surface area is 123 Å². The van der Waals surface area contributed by atoms with E-state index in [-0.39, 0.29) is 10.6 Å². The van der Waals surface area contributed by atoms with E-state index in [0.29, 0.717) is 6.61 Å². The van der Waals surface area contributed by atoms with Crippen LogP contribution in [0.25, 0.3) is 0 Å². The molecule has 0 atom stereocenters. The Bertz CT molecular complexity index is 635. The summed E-state index contributed by atoms with van der Waals surface area (Å²) >= 11 is 4.83. The highest BCUT2D eigenvalue weighted by Gasteiger charge is 2.08. The average molecular weight is 289 g/mol. The van der Waals surface area contributed by atoms with Crippen molar-refractivity contribution in [3.05, 3.63) is 64.5 Å². The van der Waals surface area contributed by atoms with Crippen LogP contribution in [0.4, 0.5) is 4.39 Å². The maximum absolute atomic E-state index is 13.5. The van der Waals surface area contributed by atoms with Crippen LogP contribution in [-0.2, 0) is 6.61 Å². The van der Waals surface area contributed by atoms with E-state index in [1.807, 2.05) is 32.0 Å². The number of benzene rings is 2. The summed E-state index contributed by atoms with van der Waals surface area (Å²) in [5, 5.41) is 0. The molecule has 0 heterocycles. The molecular formula is C16H16FNOS. The maximum Gasteiger partial charge on any atom is 0.133 e. The number of halogens is 1. The number of nitrogens with two attached hydrogens (primary N) is 1. The Kier molecular flexibility index (Phi) is 4.35. The van der Waals surface area contributed by atoms with Gasteiger partial charge >= 0.3 is 0 Å². The van der Waals surface area contributed by atoms with Crippen LogP contribution in [-0.4, -0.2) is 4.99 Å². The molecule has 2 N–H and O–H groups in total. The van der Waals surface area contributed by atoms with Gasteiger partial charge < -0.3 is 10.5 Å². The zero-order chi connectivity index (χ0) is 14.7. The van der Waals surface area contributed by atoms with Gasteiger partial charge in [0.05, 0.1) is 0 Å². The molecule has 0 aliphatic rings. The molecule has 0 spiro atoms. The maximum atomic E-state index is 13.5. The van der Waals surface area contributed by atoms with Gasteiger partial charge in [0.25, 0.3) is 0 Å². The third-order valence-corrected chi connectivity index (χ3v) is 3.31. The van der Waals surface area contributed by atoms with Gasteiger partial charge in [-0.25, -0.2) is 4.39 Å². The van der Waals surface area contributed by atoms with Crippen molar-refractivity contribution < 1.29 is 9.13 Å². The fraction of sp³-hybridized carbons (Fsp3) is 0.188. The van der Waals surface area contributed by atoms with Crippen molar-refractivity contribution in [2.75, 3.05) is 0 Å². The van der Waals surface area contributed by atoms with Gasteiger partial charge in [-0.3, -0.25) is 0 Å². The largest absolute Gasteiger partial charge is 0.488 e. The molecule has 2 aromatic carbocycles. The zero-order valence-corrected chi connectivity index (χ0v) is 12.3. The Morgan fingerprint density at radius 2 is 1.85 bits per heavy atom. The number of hydrogen-bond acceptors (Lipinski definition) is 2. The molecule has 0 saturated carbocycles. The Hall–Kier alpha value is -1.94. The lowest BCUT2D eigenvalue weighted by Gasteiger charge is -2.12. The summed E-state index contributed by atoms with van der Waals surface area (Å²) in [4.78, 5) is 0.0522. The van der Waals surface area contributed by atoms with Crippen LogP contribution in [0.2, 0.25) is 0 Å². The molecule has 2 rings (SSSR count). The first-order valence-corrected chi connectivity index (χ1v) is 6.67. The van der Waals surface area contributed by atoms with Crippen molar-refractivity contribution in [2.45, 2.75) is 20.5 Å². The predicted molar refractivity (Wildman–Crippen MR) is 82.5 cm³/mol. The van der Waals surface area contributed by atoms with Crippen molar-refractivity contribution >= 4 is 17.2 Å². The number of aryl methyl sites for hydroxylation is 2. The summed E-state index contributed by atoms with van der Waals surface area (Å²) in [6.07, 6.45) is 0. The first-order valence-electron chi connectivity index (χ1n) is 6.26. The molecule has 0 bridgehead atoms. The van der Waals surface area contributed by atoms with Crippen LogP contribution in [0.15, 0.2) is 36.4 Å². The van der Waals surface area contributed by atoms with Crippen LogP contribution >= 0.6 is 12.2 Å². The highest BCUT2D eigenvalue weighted by atomic mass is 32.1. The highest BCUT2D eigenvalue weighted by molar-refractivity contribution is 7.80. The number of rotatable bonds is 4. The van der Waals surface area contributed by atoms with E-state index >= 15 is 0 Å². The molecule has 4 heteroatoms. The van der Waals surface area contributed by atoms with E-state index in [4.69, 9.17) is 22.7 Å². The third kappa shape index (κ3) is 3.14. The second-order valence-corrected chi connectivity index (χ2v) is 5.13. The van der Waals surface area contributed by atoms with Gasteiger partial charge in [0.15, 0.2) is 0 Å². The van der Waals surface area contributed by atoms with Gasteiger partial charge in [-0.05, 0) is 42.7 Å². The minimum atomic E-state index is -0.409. The smallest absolute Gasteiger partial charge is 0.133 e. The molecule has 104 valence electrons. The van der Waals surface area contributed by atoms with Gasteiger partial charge in [-0.1, -0.05) is 36.5 Å². The lowest BCUT2D eigenvalue weighted by atomic mass is 10.1. The van der Waals surface area contributed by atoms with Gasteiger partial charge in [-0.2, -0.15) is 0 Å². The van der Waals surface area contributed by atoms with Gasteiger partial charge in [0, 0.05) is 5.56 Å². The second-order valence-electron chi connectivity index (χ2n) is 4.69. The summed E-state index contributed by atoms with van der Waals surface area (Å²) in [6.45, 7) is 4.34. The number of thiocarbonyl (C=S) groups is 1. The zero-order valence-electron chi connectivity index (χ0n) is 11.4. The van der Waals surface area contributed by atoms with E-state index in [2.05, 4.69) is 0 Å². The van der Waals surface area contributed by atoms with E-state index < -0.39 is 5.82 Å². The van der Waals surface area contributed by atoms with Crippen molar-refractivity contribution in [3.8, 4) is 5.75 Å². The molecular weight excluding hydrogens is 273 g/mol. The molecule has 0 aliphatic heterocycles. The van der Waals surface area contributed by atoms with Gasteiger partial charge in [0.2, 0.25) is 0 Å². The first kappa shape index (κ1) is 14.5. The number of hydrogen-bond donors (Lipinski definition) is 1. The minimum absolute atomic E-state index is 0.0522. The molecule has 0 aliphatic carbocycles. The molecule has 0 fully saturated rings. The predicted octanol–water partition coefficient (Wildman–Crippen LogP) is 3.66. The lowest BCUT2D eigenvalue weighted by molar-refractivity contribution is 0.302. The minimum Gasteiger partial charge on any atom is -0.488 e. The summed E-state index contributed by atoms with van der Waals surface area (Å²) in [5.41, 5.74) is 8.71. The molecule has 20 heavy (non-hydrogen) atoms. The van der Waals surface area contributed by atoms with Crippen molar-refractivity contribution in [1.29, 1.82) is 0 Å². The van der Waals surface area contributed by atoms with Crippen LogP contribution in [0.3, 0.4) is 0 Å². The molecule has 0 radical (unpaired) electrons. The van der Waals surface area contributed by atoms with Crippen LogP contribution in [0.1, 0.15) is 22.3 Å². The van der Waals surface area contributed by atoms with Crippen molar-refractivity contribution in [3.63, 3.8) is 0 Å². The summed E-state index contributed by atoms with van der Waals surface area (Å²) < 4.78 is 19.3. The van der Waals surface area contributed by atoms with Crippen LogP contribution < -0.4 is 10.5 Å². The van der Waals surface area contributed by atoms with E-state index in [1.54, 1.807) is 12.1 Å². The highest BCUT2D eigenvalue weighted by Crippen LogP contribution is 2.23. The van der Waals surface area contributed by atoms with E-state index in [0.717, 1.165) is 22.4 Å². The number of ether oxygens (including phenoxy) is 1. The van der Waals surface area contributed by atoms with E-state index in [9.17, 15) is 4.39 Å². The Morgan fingerprint density at radius 1 is 1.20 bits per heavy atom. The molecule has 2 nitrogen and oxygen atoms in total. The van der Waals surface area contributed by atoms with Crippen LogP contribution in [0.5, 0.6) is 5.75 Å². The molecule has 0 unspecified atom stereocenters. The fourth-order valence-electron chi connectivity index (χ4n) is 2.03. The molecule has 2 aromatic rings. The van der Waals surface area contributed by atoms with E-state index in [1.165, 1.54) is 6.07 Å². The third-order valence-electron chi connectivity index (χ3n) is 3.09. The van der Waals surface area contributed by atoms with Crippen LogP contribution in [0, 0.1) is 19.7 Å². The first-order chi connectivity index (χ1) is 9.49. The monoisotopic (exact) mass is 289 g/mol. The molecule has 0 amide bonds. The quantitative estimate of drug-likeness (QED) is 0.873. The summed E-state index contributed by atoms with van der Waals surface area (Å²) in [6, 6.07) is 10.6. The standard InChI is InChI=1S/C16H16FNOS/c1-10-4-3-5-11(2)15(10)19-9-12-6-7-14(17)13(8-12)16(18)20/h3-8H,9H2,1-2H3,(H2,18,20). The Morgan fingerprint density at radius 3 is 2.45 bits per heavy atom. The molecule has 0 saturated heterocycles. The normalized spacial score (nSPS) is 10.3. The van der Waals surface area contributed by atoms with Crippen molar-refractivity contribution in [1.82, 2.24) is 0 Å². The topological polar surface area (TPSA) is 35.2 Å². The molecule has 0 aromatic heterocycles. The van der Waals surface area contributed by atoms with Gasteiger partial charge in [-0.15, -0.1) is 0 Å². The fourth-order valence-corrected chi connectivity index (χ4v) is 2.19. The average Bonchev–Trinajstić information content (AvgIpc) is 2.39. The summed E-state index contributed by atoms with van der Waals surface area (Å²) in [7, 11) is 0. The lowest BCUT2D eigenvalue weighted by Crippen LogP contribution is -2.12. The summed E-state index contributed by atoms with van der Waals surface area (Å²) in [5.74, 6) is 0.446. The number of para-hydroxylation sites is 1. The Balaban J connectivity index is 2.19.